The number of hydrogen-bond donors (Lipinski definition) is 1. The molecule has 1 N–H and O–H groups in total. The van der Waals surface area contributed by atoms with Crippen molar-refractivity contribution in [3.8, 4) is 11.3 Å². The van der Waals surface area contributed by atoms with E-state index in [0.717, 1.165) is 0 Å². The summed E-state index contributed by atoms with van der Waals surface area (Å²) in [6, 6.07) is 5.48. The van der Waals surface area contributed by atoms with Crippen LogP contribution in [0.3, 0.4) is 0 Å². The van der Waals surface area contributed by atoms with E-state index in [-0.39, 0.29) is 11.7 Å². The molecule has 2 aromatic rings. The zero-order valence-corrected chi connectivity index (χ0v) is 11.4. The second-order valence-corrected chi connectivity index (χ2v) is 4.23. The average molecular weight is 291 g/mol. The molecule has 0 aliphatic carbocycles. The molecule has 21 heavy (non-hydrogen) atoms. The number of methoxy groups -OCH3 is 1. The second kappa shape index (κ2) is 6.04. The van der Waals surface area contributed by atoms with E-state index >= 15 is 0 Å². The van der Waals surface area contributed by atoms with Gasteiger partial charge in [-0.3, -0.25) is 10.1 Å². The summed E-state index contributed by atoms with van der Waals surface area (Å²) in [4.78, 5) is 25.5. The maximum atomic E-state index is 11.3. The Hall–Kier alpha value is -2.90. The van der Waals surface area contributed by atoms with Gasteiger partial charge in [0.2, 0.25) is 0 Å². The number of aromatic nitrogens is 1. The summed E-state index contributed by atoms with van der Waals surface area (Å²) in [5.41, 5.74) is 1.17. The van der Waals surface area contributed by atoms with E-state index in [9.17, 15) is 14.9 Å². The molecule has 0 saturated heterocycles. The molecule has 8 heteroatoms. The van der Waals surface area contributed by atoms with Crippen molar-refractivity contribution < 1.29 is 18.9 Å². The number of carbonyl (C=O) groups excluding carboxylic acids is 1. The monoisotopic (exact) mass is 291 g/mol. The number of esters is 1. The third-order valence-electron chi connectivity index (χ3n) is 2.77. The summed E-state index contributed by atoms with van der Waals surface area (Å²) in [5.74, 6) is -0.440. The van der Waals surface area contributed by atoms with Crippen LogP contribution in [-0.4, -0.2) is 29.0 Å². The number of oxazole rings is 1. The summed E-state index contributed by atoms with van der Waals surface area (Å²) in [6.07, 6.45) is 1.40. The minimum atomic E-state index is -0.599. The van der Waals surface area contributed by atoms with Gasteiger partial charge in [0.15, 0.2) is 0 Å². The highest BCUT2D eigenvalue weighted by atomic mass is 16.6. The summed E-state index contributed by atoms with van der Waals surface area (Å²) in [7, 11) is 1.29. The molecular weight excluding hydrogens is 278 g/mol. The van der Waals surface area contributed by atoms with Gasteiger partial charge in [0, 0.05) is 17.7 Å². The molecule has 0 aliphatic rings. The Kier molecular flexibility index (Phi) is 4.17. The first-order valence-corrected chi connectivity index (χ1v) is 6.06. The minimum Gasteiger partial charge on any atom is -0.467 e. The van der Waals surface area contributed by atoms with Crippen LogP contribution < -0.4 is 5.32 Å². The maximum absolute atomic E-state index is 11.3. The molecule has 1 aromatic carbocycles. The van der Waals surface area contributed by atoms with Crippen LogP contribution in [0.1, 0.15) is 6.92 Å². The van der Waals surface area contributed by atoms with Crippen LogP contribution in [0.15, 0.2) is 34.9 Å². The van der Waals surface area contributed by atoms with Crippen molar-refractivity contribution in [2.24, 2.45) is 0 Å². The number of ether oxygens (including phenoxy) is 1. The number of nitro benzene ring substituents is 1. The third-order valence-corrected chi connectivity index (χ3v) is 2.77. The maximum Gasteiger partial charge on any atom is 0.328 e. The predicted octanol–water partition coefficient (Wildman–Crippen LogP) is 2.22. The van der Waals surface area contributed by atoms with E-state index in [4.69, 9.17) is 4.42 Å². The van der Waals surface area contributed by atoms with Gasteiger partial charge in [-0.2, -0.15) is 4.98 Å². The number of hydrogen-bond acceptors (Lipinski definition) is 7. The van der Waals surface area contributed by atoms with Crippen molar-refractivity contribution in [2.45, 2.75) is 13.0 Å². The molecule has 1 heterocycles. The van der Waals surface area contributed by atoms with Crippen LogP contribution in [0.5, 0.6) is 0 Å². The molecule has 0 fully saturated rings. The van der Waals surface area contributed by atoms with Crippen LogP contribution in [0.2, 0.25) is 0 Å². The van der Waals surface area contributed by atoms with Crippen molar-refractivity contribution in [1.82, 2.24) is 4.98 Å². The first-order chi connectivity index (χ1) is 10.0. The Morgan fingerprint density at radius 1 is 1.43 bits per heavy atom. The summed E-state index contributed by atoms with van der Waals surface area (Å²) in [5, 5.41) is 13.3. The lowest BCUT2D eigenvalue weighted by Gasteiger charge is -2.08. The second-order valence-electron chi connectivity index (χ2n) is 4.23. The molecule has 0 amide bonds. The zero-order valence-electron chi connectivity index (χ0n) is 11.4. The van der Waals surface area contributed by atoms with Crippen molar-refractivity contribution in [1.29, 1.82) is 0 Å². The largest absolute Gasteiger partial charge is 0.467 e. The van der Waals surface area contributed by atoms with E-state index in [1.165, 1.54) is 25.5 Å². The quantitative estimate of drug-likeness (QED) is 0.511. The normalized spacial score (nSPS) is 11.7. The fourth-order valence-corrected chi connectivity index (χ4v) is 1.65. The van der Waals surface area contributed by atoms with Crippen LogP contribution >= 0.6 is 0 Å². The van der Waals surface area contributed by atoms with Crippen molar-refractivity contribution >= 4 is 17.7 Å². The molecular formula is C13H13N3O5. The molecule has 0 bridgehead atoms. The SMILES string of the molecule is COC(=O)[C@@H](C)Nc1nc(-c2ccc([N+](=O)[O-])cc2)co1. The fourth-order valence-electron chi connectivity index (χ4n) is 1.65. The van der Waals surface area contributed by atoms with Crippen molar-refractivity contribution in [3.63, 3.8) is 0 Å². The van der Waals surface area contributed by atoms with Gasteiger partial charge in [-0.05, 0) is 19.1 Å². The zero-order chi connectivity index (χ0) is 15.4. The standard InChI is InChI=1S/C13H13N3O5/c1-8(12(17)20-2)14-13-15-11(7-21-13)9-3-5-10(6-4-9)16(18)19/h3-8H,1-2H3,(H,14,15)/t8-/m1/s1. The van der Waals surface area contributed by atoms with E-state index in [1.54, 1.807) is 19.1 Å². The fraction of sp³-hybridized carbons (Fsp3) is 0.231. The van der Waals surface area contributed by atoms with E-state index in [2.05, 4.69) is 15.0 Å². The summed E-state index contributed by atoms with van der Waals surface area (Å²) in [6.45, 7) is 1.61. The molecule has 0 unspecified atom stereocenters. The Labute approximate surface area is 119 Å². The highest BCUT2D eigenvalue weighted by molar-refractivity contribution is 5.78. The van der Waals surface area contributed by atoms with Crippen molar-refractivity contribution in [2.75, 3.05) is 12.4 Å². The Morgan fingerprint density at radius 2 is 2.10 bits per heavy atom. The van der Waals surface area contributed by atoms with Gasteiger partial charge in [-0.15, -0.1) is 0 Å². The van der Waals surface area contributed by atoms with Crippen LogP contribution in [0.25, 0.3) is 11.3 Å². The molecule has 1 atom stereocenters. The highest BCUT2D eigenvalue weighted by Gasteiger charge is 2.16. The van der Waals surface area contributed by atoms with Crippen LogP contribution in [-0.2, 0) is 9.53 Å². The van der Waals surface area contributed by atoms with Crippen LogP contribution in [0, 0.1) is 10.1 Å². The van der Waals surface area contributed by atoms with Gasteiger partial charge in [0.05, 0.1) is 12.0 Å². The lowest BCUT2D eigenvalue weighted by atomic mass is 10.1. The molecule has 1 aromatic heterocycles. The highest BCUT2D eigenvalue weighted by Crippen LogP contribution is 2.23. The number of benzene rings is 1. The number of non-ortho nitro benzene ring substituents is 1. The molecule has 8 nitrogen and oxygen atoms in total. The molecule has 2 rings (SSSR count). The van der Waals surface area contributed by atoms with Crippen LogP contribution in [0.4, 0.5) is 11.7 Å². The minimum absolute atomic E-state index is 0.0000863. The lowest BCUT2D eigenvalue weighted by molar-refractivity contribution is -0.384. The van der Waals surface area contributed by atoms with E-state index in [1.807, 2.05) is 0 Å². The first kappa shape index (κ1) is 14.5. The Morgan fingerprint density at radius 3 is 2.67 bits per heavy atom. The predicted molar refractivity (Wildman–Crippen MR) is 73.7 cm³/mol. The Balaban J connectivity index is 2.12. The van der Waals surface area contributed by atoms with E-state index in [0.29, 0.717) is 11.3 Å². The molecule has 110 valence electrons. The average Bonchev–Trinajstić information content (AvgIpc) is 2.94. The first-order valence-electron chi connectivity index (χ1n) is 6.06. The number of nitro groups is 1. The molecule has 0 radical (unpaired) electrons. The number of nitrogens with zero attached hydrogens (tertiary/aromatic N) is 2. The Bertz CT molecular complexity index is 650. The number of nitrogens with one attached hydrogen (secondary N) is 1. The smallest absolute Gasteiger partial charge is 0.328 e. The van der Waals surface area contributed by atoms with Crippen molar-refractivity contribution in [3.05, 3.63) is 40.6 Å². The number of carbonyl (C=O) groups is 1. The molecule has 0 aliphatic heterocycles. The molecule has 0 saturated carbocycles. The summed E-state index contributed by atoms with van der Waals surface area (Å²) < 4.78 is 9.77. The third kappa shape index (κ3) is 3.35. The lowest BCUT2D eigenvalue weighted by Crippen LogP contribution is -2.27. The number of rotatable bonds is 5. The number of anilines is 1. The van der Waals surface area contributed by atoms with Gasteiger partial charge < -0.3 is 14.5 Å². The topological polar surface area (TPSA) is 108 Å². The van der Waals surface area contributed by atoms with Gasteiger partial charge in [0.1, 0.15) is 18.0 Å². The molecule has 0 spiro atoms. The summed E-state index contributed by atoms with van der Waals surface area (Å²) >= 11 is 0. The van der Waals surface area contributed by atoms with Gasteiger partial charge in [-0.1, -0.05) is 0 Å². The van der Waals surface area contributed by atoms with Gasteiger partial charge >= 0.3 is 5.97 Å². The van der Waals surface area contributed by atoms with Gasteiger partial charge in [-0.25, -0.2) is 4.79 Å². The van der Waals surface area contributed by atoms with E-state index < -0.39 is 16.9 Å². The van der Waals surface area contributed by atoms with Gasteiger partial charge in [0.25, 0.3) is 11.7 Å².